The summed E-state index contributed by atoms with van der Waals surface area (Å²) in [6.07, 6.45) is 7.10. The Morgan fingerprint density at radius 2 is 0.634 bits per heavy atom. The van der Waals surface area contributed by atoms with Crippen molar-refractivity contribution in [3.63, 3.8) is 0 Å². The molecule has 10 aromatic rings. The van der Waals surface area contributed by atoms with Crippen molar-refractivity contribution in [1.82, 2.24) is 75.4 Å². The first-order chi connectivity index (χ1) is 59.1. The molecular weight excluding hydrogens is 1810 g/mol. The van der Waals surface area contributed by atoms with Crippen molar-refractivity contribution in [3.8, 4) is 67.0 Å². The summed E-state index contributed by atoms with van der Waals surface area (Å²) in [7, 11) is 3.73. The fourth-order valence-electron chi connectivity index (χ4n) is 16.0. The van der Waals surface area contributed by atoms with Gasteiger partial charge in [0, 0.05) is 26.2 Å². The third kappa shape index (κ3) is 27.2. The van der Waals surface area contributed by atoms with Gasteiger partial charge in [0.1, 0.15) is 52.6 Å². The largest absolute Gasteiger partial charge is 0.480 e. The minimum Gasteiger partial charge on any atom is -0.480 e. The highest BCUT2D eigenvalue weighted by atomic mass is 32.1. The maximum atomic E-state index is 13.7. The van der Waals surface area contributed by atoms with Crippen LogP contribution in [0.15, 0.2) is 155 Å². The van der Waals surface area contributed by atoms with Crippen molar-refractivity contribution >= 4 is 165 Å². The predicted octanol–water partition coefficient (Wildman–Crippen LogP) is 16.8. The molecule has 0 spiro atoms. The number of rotatable bonds is 19. The number of carboxylic acid groups (broad SMARTS) is 1. The zero-order valence-corrected chi connectivity index (χ0v) is 83.3. The Kier molecular flexibility index (Phi) is 41.1. The Hall–Kier alpha value is -10.8. The van der Waals surface area contributed by atoms with Gasteiger partial charge in [0.05, 0.1) is 91.1 Å². The Morgan fingerprint density at radius 3 is 0.924 bits per heavy atom. The fourth-order valence-corrected chi connectivity index (χ4v) is 16.0. The van der Waals surface area contributed by atoms with Crippen LogP contribution in [0.2, 0.25) is 0 Å². The summed E-state index contributed by atoms with van der Waals surface area (Å²) in [6, 6.07) is 40.7. The number of alkyl carbamates (subject to hydrolysis) is 3. The van der Waals surface area contributed by atoms with Gasteiger partial charge in [-0.2, -0.15) is 94.5 Å². The molecule has 0 bridgehead atoms. The van der Waals surface area contributed by atoms with E-state index in [4.69, 9.17) is 34.0 Å². The van der Waals surface area contributed by atoms with E-state index in [9.17, 15) is 47.9 Å². The highest BCUT2D eigenvalue weighted by Crippen LogP contribution is 2.39. The van der Waals surface area contributed by atoms with Crippen LogP contribution in [0, 0.1) is 17.8 Å². The normalized spacial score (nSPS) is 16.3. The van der Waals surface area contributed by atoms with Crippen molar-refractivity contribution in [1.29, 1.82) is 0 Å². The number of ether oxygens (including phenoxy) is 5. The van der Waals surface area contributed by atoms with Crippen LogP contribution in [-0.2, 0) is 38.1 Å². The summed E-state index contributed by atoms with van der Waals surface area (Å²) in [5, 5.41) is 17.1. The SMILES string of the molecule is CC(C)(C)OC(=O)N1CCC[C@H]1c1ncc(-c2ccc(-c3ccc(-c4ccc5c(=O)[nH]c([C@@H]6CCCN6C(=O)OC(C)(C)C)nc5c4)cc3)cc2)[nH]1.COC(=O)N[C@H](C(=O)N1CCC[C@H]1c1ncc(-c2ccc(-c3ccc(-c4ccc5c(=O)[nH]c([C@@H]6CCCN6C(=O)[C@@H](NC(=O)OC)C(C)C)nc5c4)cc3)cc2)[nH]1)C(C)C.COC(=O)N[C@H](C(=O)O)C(C)C.S.S.S.S.S.S.S. The number of hydrogen-bond acceptors (Lipinski definition) is 19. The highest BCUT2D eigenvalue weighted by Gasteiger charge is 2.41. The van der Waals surface area contributed by atoms with Gasteiger partial charge in [0.25, 0.3) is 11.1 Å². The Bertz CT molecular complexity index is 5670. The summed E-state index contributed by atoms with van der Waals surface area (Å²) in [6.45, 7) is 24.3. The average molecular weight is 1930 g/mol. The molecule has 4 aromatic heterocycles. The second-order valence-electron chi connectivity index (χ2n) is 34.5. The fraction of sp³-hybridized carbons (Fsp3) is 0.419. The standard InChI is InChI=1S/C45H52N8O7.C41H46N6O5.C7H13NO4.7H2S/c1-25(2)37(49-44(57)59-5)42(55)52-21-7-9-35(52)39-46-24-34(48-39)30-17-15-28(16-18-30)27-11-13-29(14-12-27)31-19-20-32-33(23-31)47-40(51-41(32)54)36-10-8-22-53(36)43(56)38(26(3)4)50-45(58)60-6;1-40(2,3)51-38(49)46-21-7-9-33(46)35-42-24-32(44-35)28-17-15-26(16-18-28)25-11-13-27(14-12-25)29-19-20-30-31(23-29)43-36(45-37(30)48)34-10-8-22-47(34)39(50)52-41(4,5)6;1-4(2)5(6(9)10)8-7(11)12-3;;;;;;;/h11-20,23-26,35-38H,7-10,21-22H2,1-6H3,(H,46,48)(H,49,57)(H,50,58)(H,47,51,54);11-20,23-24,33-34H,7-10,21-22H2,1-6H3,(H,42,44)(H,43,45,48);4-5H,1-3H3,(H,8,11)(H,9,10);7*1H2/t35-,36-,37-,38-;33-,34-;5-;;;;;;;/m000......./s1. The van der Waals surface area contributed by atoms with Crippen molar-refractivity contribution in [2.45, 2.75) is 188 Å². The molecule has 31 nitrogen and oxygen atoms in total. The minimum atomic E-state index is -1.06. The van der Waals surface area contributed by atoms with Gasteiger partial charge in [0.2, 0.25) is 11.8 Å². The first-order valence-corrected chi connectivity index (χ1v) is 42.0. The summed E-state index contributed by atoms with van der Waals surface area (Å²) in [5.74, 6) is 0.460. The van der Waals surface area contributed by atoms with E-state index in [0.717, 1.165) is 111 Å². The van der Waals surface area contributed by atoms with E-state index in [1.165, 1.54) is 21.3 Å². The Morgan fingerprint density at radius 1 is 0.374 bits per heavy atom. The van der Waals surface area contributed by atoms with E-state index in [0.29, 0.717) is 78.3 Å². The second kappa shape index (κ2) is 48.6. The number of nitrogens with zero attached hydrogens (tertiary/aromatic N) is 8. The number of fused-ring (bicyclic) bond motifs is 2. The molecule has 14 rings (SSSR count). The lowest BCUT2D eigenvalue weighted by Crippen LogP contribution is -2.51. The molecule has 0 radical (unpaired) electrons. The molecule has 38 heteroatoms. The molecule has 131 heavy (non-hydrogen) atoms. The van der Waals surface area contributed by atoms with Crippen LogP contribution in [0.3, 0.4) is 0 Å². The van der Waals surface area contributed by atoms with Crippen molar-refractivity contribution in [3.05, 3.63) is 190 Å². The van der Waals surface area contributed by atoms with Crippen LogP contribution in [0.25, 0.3) is 88.8 Å². The van der Waals surface area contributed by atoms with Crippen LogP contribution in [-0.4, -0.2) is 190 Å². The molecule has 6 aromatic carbocycles. The third-order valence-electron chi connectivity index (χ3n) is 22.4. The molecular formula is C93H125N15O16S7. The van der Waals surface area contributed by atoms with E-state index in [1.807, 2.05) is 124 Å². The maximum absolute atomic E-state index is 13.7. The van der Waals surface area contributed by atoms with Crippen molar-refractivity contribution < 1.29 is 67.1 Å². The van der Waals surface area contributed by atoms with Gasteiger partial charge in [-0.3, -0.25) is 29.0 Å². The quantitative estimate of drug-likeness (QED) is 0.0349. The Balaban J connectivity index is 0.000000395. The monoisotopic (exact) mass is 1930 g/mol. The lowest BCUT2D eigenvalue weighted by atomic mass is 9.98. The lowest BCUT2D eigenvalue weighted by Gasteiger charge is -2.30. The van der Waals surface area contributed by atoms with Crippen LogP contribution in [0.4, 0.5) is 24.0 Å². The second-order valence-corrected chi connectivity index (χ2v) is 34.5. The molecule has 4 aliphatic heterocycles. The number of imidazole rings is 2. The number of carbonyl (C=O) groups is 8. The molecule has 0 saturated carbocycles. The van der Waals surface area contributed by atoms with Crippen LogP contribution >= 0.6 is 94.5 Å². The molecule has 7 atom stereocenters. The van der Waals surface area contributed by atoms with Gasteiger partial charge in [-0.05, 0) is 191 Å². The molecule has 4 fully saturated rings. The van der Waals surface area contributed by atoms with Crippen LogP contribution in [0.1, 0.15) is 182 Å². The number of methoxy groups -OCH3 is 3. The van der Waals surface area contributed by atoms with E-state index in [1.54, 1.807) is 51.8 Å². The van der Waals surface area contributed by atoms with E-state index in [-0.39, 0.29) is 159 Å². The molecule has 0 unspecified atom stereocenters. The van der Waals surface area contributed by atoms with E-state index >= 15 is 0 Å². The summed E-state index contributed by atoms with van der Waals surface area (Å²) >= 11 is 0. The molecule has 710 valence electrons. The minimum absolute atomic E-state index is 0. The molecule has 4 aliphatic rings. The zero-order valence-electron chi connectivity index (χ0n) is 76.3. The van der Waals surface area contributed by atoms with Crippen molar-refractivity contribution in [2.75, 3.05) is 47.5 Å². The number of benzene rings is 6. The summed E-state index contributed by atoms with van der Waals surface area (Å²) in [5.41, 5.74) is 11.1. The summed E-state index contributed by atoms with van der Waals surface area (Å²) < 4.78 is 25.0. The van der Waals surface area contributed by atoms with Gasteiger partial charge in [-0.1, -0.05) is 151 Å². The number of H-pyrrole nitrogens is 4. The number of aromatic amines is 4. The number of nitrogens with one attached hydrogen (secondary N) is 7. The number of hydrogen-bond donors (Lipinski definition) is 8. The molecule has 7 amide bonds. The smallest absolute Gasteiger partial charge is 0.410 e. The lowest BCUT2D eigenvalue weighted by molar-refractivity contribution is -0.140. The van der Waals surface area contributed by atoms with Gasteiger partial charge in [0.15, 0.2) is 0 Å². The molecule has 8 heterocycles. The maximum Gasteiger partial charge on any atom is 0.410 e. The predicted molar refractivity (Wildman–Crippen MR) is 542 cm³/mol. The first-order valence-electron chi connectivity index (χ1n) is 42.0. The third-order valence-corrected chi connectivity index (χ3v) is 22.4. The van der Waals surface area contributed by atoms with Crippen LogP contribution < -0.4 is 27.1 Å². The van der Waals surface area contributed by atoms with Gasteiger partial charge in [-0.25, -0.2) is 48.7 Å². The highest BCUT2D eigenvalue weighted by molar-refractivity contribution is 7.60. The van der Waals surface area contributed by atoms with E-state index < -0.39 is 65.7 Å². The van der Waals surface area contributed by atoms with Crippen LogP contribution in [0.5, 0.6) is 0 Å². The number of carbonyl (C=O) groups excluding carboxylic acids is 7. The van der Waals surface area contributed by atoms with Gasteiger partial charge >= 0.3 is 36.4 Å². The average Bonchev–Trinajstić information content (AvgIpc) is 1.24. The topological polar surface area (TPSA) is 401 Å². The first kappa shape index (κ1) is 111. The zero-order chi connectivity index (χ0) is 89.2. The molecule has 4 saturated heterocycles. The Labute approximate surface area is 811 Å². The van der Waals surface area contributed by atoms with Gasteiger partial charge < -0.3 is 74.5 Å². The number of aliphatic carboxylic acids is 1. The number of aromatic nitrogens is 8. The number of likely N-dealkylation sites (tertiary alicyclic amines) is 4. The number of carboxylic acids is 1. The molecule has 0 aliphatic carbocycles. The van der Waals surface area contributed by atoms with E-state index in [2.05, 4.69) is 123 Å². The number of amides is 7. The van der Waals surface area contributed by atoms with Gasteiger partial charge in [-0.15, -0.1) is 0 Å². The van der Waals surface area contributed by atoms with Crippen molar-refractivity contribution in [2.24, 2.45) is 17.8 Å². The molecule has 8 N–H and O–H groups in total. The summed E-state index contributed by atoms with van der Waals surface area (Å²) in [4.78, 5) is 163.